The molecule has 0 spiro atoms. The molecule has 0 saturated carbocycles. The van der Waals surface area contributed by atoms with E-state index < -0.39 is 0 Å². The van der Waals surface area contributed by atoms with Gasteiger partial charge in [-0.05, 0) is 61.4 Å². The lowest BCUT2D eigenvalue weighted by molar-refractivity contribution is 0.449. The second-order valence-electron chi connectivity index (χ2n) is 8.07. The van der Waals surface area contributed by atoms with Crippen LogP contribution in [-0.2, 0) is 0 Å². The zero-order valence-electron chi connectivity index (χ0n) is 14.9. The Kier molecular flexibility index (Phi) is 3.31. The van der Waals surface area contributed by atoms with Gasteiger partial charge in [0.25, 0.3) is 0 Å². The molecule has 1 aromatic heterocycles. The van der Waals surface area contributed by atoms with E-state index in [-0.39, 0.29) is 0 Å². The van der Waals surface area contributed by atoms with Crippen LogP contribution in [0.2, 0.25) is 0 Å². The summed E-state index contributed by atoms with van der Waals surface area (Å²) in [7, 11) is 0. The SMILES string of the molecule is C1=CC2NC3=C(CCCC3)C2CC1c1ccc2sc3ccccc3c2c1. The Morgan fingerprint density at radius 2 is 1.77 bits per heavy atom. The molecule has 0 amide bonds. The van der Waals surface area contributed by atoms with Crippen molar-refractivity contribution in [2.75, 3.05) is 0 Å². The van der Waals surface area contributed by atoms with Crippen LogP contribution in [0.1, 0.15) is 43.6 Å². The third-order valence-corrected chi connectivity index (χ3v) is 7.77. The van der Waals surface area contributed by atoms with E-state index in [0.29, 0.717) is 12.0 Å². The fourth-order valence-corrected chi connectivity index (χ4v) is 6.41. The molecule has 0 radical (unpaired) electrons. The number of rotatable bonds is 1. The third kappa shape index (κ3) is 2.21. The lowest BCUT2D eigenvalue weighted by Crippen LogP contribution is -2.30. The topological polar surface area (TPSA) is 12.0 Å². The number of hydrogen-bond donors (Lipinski definition) is 1. The molecule has 3 unspecified atom stereocenters. The molecule has 0 fully saturated rings. The maximum atomic E-state index is 3.81. The van der Waals surface area contributed by atoms with Gasteiger partial charge in [-0.1, -0.05) is 36.4 Å². The van der Waals surface area contributed by atoms with Crippen molar-refractivity contribution in [2.24, 2.45) is 5.92 Å². The lowest BCUT2D eigenvalue weighted by atomic mass is 9.76. The minimum absolute atomic E-state index is 0.551. The fourth-order valence-electron chi connectivity index (χ4n) is 5.32. The number of allylic oxidation sites excluding steroid dienone is 2. The first-order valence-electron chi connectivity index (χ1n) is 9.95. The molecule has 1 N–H and O–H groups in total. The molecule has 130 valence electrons. The summed E-state index contributed by atoms with van der Waals surface area (Å²) in [5.74, 6) is 1.27. The van der Waals surface area contributed by atoms with E-state index in [1.54, 1.807) is 11.3 Å². The largest absolute Gasteiger partial charge is 0.382 e. The Bertz CT molecular complexity index is 1070. The summed E-state index contributed by atoms with van der Waals surface area (Å²) >= 11 is 1.91. The standard InChI is InChI=1S/C24H23NS/c1-3-7-21-17(5-1)19-13-15(9-11-22(19)25-21)16-10-12-24-20(14-16)18-6-2-4-8-23(18)26-24/h2,4,6,8-12,14-15,19,22,25H,1,3,5,7,13H2. The second-order valence-corrected chi connectivity index (χ2v) is 9.15. The van der Waals surface area contributed by atoms with Crippen LogP contribution in [0, 0.1) is 5.92 Å². The molecular formula is C24H23NS. The number of hydrogen-bond acceptors (Lipinski definition) is 2. The number of fused-ring (bicyclic) bond motifs is 5. The van der Waals surface area contributed by atoms with Crippen LogP contribution < -0.4 is 5.32 Å². The van der Waals surface area contributed by atoms with Crippen molar-refractivity contribution in [3.8, 4) is 0 Å². The van der Waals surface area contributed by atoms with Crippen LogP contribution in [0.15, 0.2) is 65.9 Å². The highest BCUT2D eigenvalue weighted by molar-refractivity contribution is 7.25. The highest BCUT2D eigenvalue weighted by Gasteiger charge is 2.37. The summed E-state index contributed by atoms with van der Waals surface area (Å²) in [6.07, 6.45) is 11.5. The van der Waals surface area contributed by atoms with Crippen LogP contribution in [-0.4, -0.2) is 6.04 Å². The molecule has 1 aliphatic heterocycles. The summed E-state index contributed by atoms with van der Waals surface area (Å²) in [5, 5.41) is 6.65. The van der Waals surface area contributed by atoms with Crippen LogP contribution in [0.5, 0.6) is 0 Å². The van der Waals surface area contributed by atoms with Gasteiger partial charge in [0, 0.05) is 37.7 Å². The third-order valence-electron chi connectivity index (χ3n) is 6.62. The maximum absolute atomic E-state index is 3.81. The molecule has 1 nitrogen and oxygen atoms in total. The fraction of sp³-hybridized carbons (Fsp3) is 0.333. The van der Waals surface area contributed by atoms with E-state index in [0.717, 1.165) is 5.92 Å². The first-order chi connectivity index (χ1) is 12.9. The van der Waals surface area contributed by atoms with E-state index in [4.69, 9.17) is 0 Å². The van der Waals surface area contributed by atoms with Crippen molar-refractivity contribution in [1.29, 1.82) is 0 Å². The van der Waals surface area contributed by atoms with Gasteiger partial charge in [-0.15, -0.1) is 11.3 Å². The van der Waals surface area contributed by atoms with Crippen LogP contribution in [0.3, 0.4) is 0 Å². The average Bonchev–Trinajstić information content (AvgIpc) is 3.25. The highest BCUT2D eigenvalue weighted by Crippen LogP contribution is 2.45. The van der Waals surface area contributed by atoms with E-state index in [9.17, 15) is 0 Å². The Morgan fingerprint density at radius 1 is 0.885 bits per heavy atom. The Morgan fingerprint density at radius 3 is 2.77 bits per heavy atom. The molecule has 3 aliphatic rings. The zero-order valence-corrected chi connectivity index (χ0v) is 15.7. The van der Waals surface area contributed by atoms with Crippen molar-refractivity contribution in [3.05, 3.63) is 71.5 Å². The minimum atomic E-state index is 0.551. The normalized spacial score (nSPS) is 27.6. The predicted octanol–water partition coefficient (Wildman–Crippen LogP) is 6.51. The van der Waals surface area contributed by atoms with Gasteiger partial charge in [0.1, 0.15) is 0 Å². The monoisotopic (exact) mass is 357 g/mol. The first kappa shape index (κ1) is 15.0. The van der Waals surface area contributed by atoms with Gasteiger partial charge in [-0.2, -0.15) is 0 Å². The number of thiophene rings is 1. The van der Waals surface area contributed by atoms with E-state index in [1.165, 1.54) is 57.8 Å². The molecule has 0 bridgehead atoms. The van der Waals surface area contributed by atoms with Gasteiger partial charge in [-0.25, -0.2) is 0 Å². The molecule has 0 saturated heterocycles. The molecule has 2 aromatic carbocycles. The van der Waals surface area contributed by atoms with Crippen molar-refractivity contribution >= 4 is 31.5 Å². The van der Waals surface area contributed by atoms with Crippen molar-refractivity contribution in [2.45, 2.75) is 44.1 Å². The molecule has 2 heteroatoms. The van der Waals surface area contributed by atoms with Gasteiger partial charge >= 0.3 is 0 Å². The Labute approximate surface area is 158 Å². The van der Waals surface area contributed by atoms with Crippen molar-refractivity contribution < 1.29 is 0 Å². The van der Waals surface area contributed by atoms with Gasteiger partial charge in [0.2, 0.25) is 0 Å². The summed E-state index contributed by atoms with van der Waals surface area (Å²) in [6, 6.07) is 16.5. The smallest absolute Gasteiger partial charge is 0.0508 e. The lowest BCUT2D eigenvalue weighted by Gasteiger charge is -2.29. The number of nitrogens with one attached hydrogen (secondary N) is 1. The quantitative estimate of drug-likeness (QED) is 0.489. The molecular weight excluding hydrogens is 334 g/mol. The number of benzene rings is 2. The summed E-state index contributed by atoms with van der Waals surface area (Å²) in [5.41, 5.74) is 4.81. The highest BCUT2D eigenvalue weighted by atomic mass is 32.1. The molecule has 26 heavy (non-hydrogen) atoms. The zero-order chi connectivity index (χ0) is 17.1. The Hall–Kier alpha value is -2.06. The van der Waals surface area contributed by atoms with Crippen LogP contribution >= 0.6 is 11.3 Å². The van der Waals surface area contributed by atoms with Crippen molar-refractivity contribution in [3.63, 3.8) is 0 Å². The van der Waals surface area contributed by atoms with E-state index in [2.05, 4.69) is 59.9 Å². The molecule has 3 aromatic rings. The molecule has 3 atom stereocenters. The first-order valence-corrected chi connectivity index (χ1v) is 10.8. The maximum Gasteiger partial charge on any atom is 0.0508 e. The van der Waals surface area contributed by atoms with Crippen molar-refractivity contribution in [1.82, 2.24) is 5.32 Å². The second kappa shape index (κ2) is 5.72. The summed E-state index contributed by atoms with van der Waals surface area (Å²) in [4.78, 5) is 0. The molecule has 2 aliphatic carbocycles. The molecule has 2 heterocycles. The molecule has 6 rings (SSSR count). The van der Waals surface area contributed by atoms with Gasteiger partial charge < -0.3 is 5.32 Å². The van der Waals surface area contributed by atoms with Crippen LogP contribution in [0.4, 0.5) is 0 Å². The summed E-state index contributed by atoms with van der Waals surface area (Å²) in [6.45, 7) is 0. The minimum Gasteiger partial charge on any atom is -0.382 e. The van der Waals surface area contributed by atoms with E-state index >= 15 is 0 Å². The van der Waals surface area contributed by atoms with Gasteiger partial charge in [-0.3, -0.25) is 0 Å². The van der Waals surface area contributed by atoms with Crippen LogP contribution in [0.25, 0.3) is 20.2 Å². The van der Waals surface area contributed by atoms with Gasteiger partial charge in [0.15, 0.2) is 0 Å². The summed E-state index contributed by atoms with van der Waals surface area (Å²) < 4.78 is 2.81. The van der Waals surface area contributed by atoms with E-state index in [1.807, 2.05) is 11.3 Å². The van der Waals surface area contributed by atoms with Gasteiger partial charge in [0.05, 0.1) is 6.04 Å². The predicted molar refractivity (Wildman–Crippen MR) is 112 cm³/mol. The Balaban J connectivity index is 1.39. The average molecular weight is 358 g/mol.